The second-order valence-electron chi connectivity index (χ2n) is 8.89. The Morgan fingerprint density at radius 2 is 1.76 bits per heavy atom. The Labute approximate surface area is 172 Å². The monoisotopic (exact) mass is 388 g/mol. The number of hydrogen-bond acceptors (Lipinski definition) is 2. The van der Waals surface area contributed by atoms with E-state index in [1.54, 1.807) is 0 Å². The molecule has 0 radical (unpaired) electrons. The van der Waals surface area contributed by atoms with Crippen molar-refractivity contribution < 1.29 is 9.59 Å². The van der Waals surface area contributed by atoms with Crippen LogP contribution in [0.2, 0.25) is 0 Å². The van der Waals surface area contributed by atoms with Crippen molar-refractivity contribution in [3.8, 4) is 0 Å². The fraction of sp³-hybridized carbons (Fsp3) is 0.440. The molecule has 2 heterocycles. The van der Waals surface area contributed by atoms with Crippen LogP contribution in [-0.4, -0.2) is 29.8 Å². The van der Waals surface area contributed by atoms with Gasteiger partial charge >= 0.3 is 0 Å². The predicted octanol–water partition coefficient (Wildman–Crippen LogP) is 4.47. The summed E-state index contributed by atoms with van der Waals surface area (Å²) in [7, 11) is 0. The predicted molar refractivity (Wildman–Crippen MR) is 114 cm³/mol. The van der Waals surface area contributed by atoms with Crippen molar-refractivity contribution >= 4 is 17.5 Å². The third-order valence-corrected chi connectivity index (χ3v) is 7.03. The summed E-state index contributed by atoms with van der Waals surface area (Å²) in [5, 5.41) is 2.96. The molecule has 29 heavy (non-hydrogen) atoms. The summed E-state index contributed by atoms with van der Waals surface area (Å²) >= 11 is 0. The molecule has 1 aliphatic carbocycles. The number of nitrogens with one attached hydrogen (secondary N) is 1. The molecule has 0 bridgehead atoms. The van der Waals surface area contributed by atoms with Gasteiger partial charge in [-0.15, -0.1) is 0 Å². The molecule has 2 amide bonds. The van der Waals surface area contributed by atoms with Crippen LogP contribution in [0.15, 0.2) is 42.5 Å². The molecule has 2 aromatic rings. The molecule has 2 aliphatic heterocycles. The molecule has 4 nitrogen and oxygen atoms in total. The van der Waals surface area contributed by atoms with Gasteiger partial charge in [-0.05, 0) is 79.8 Å². The van der Waals surface area contributed by atoms with Crippen LogP contribution in [0.3, 0.4) is 0 Å². The largest absolute Gasteiger partial charge is 0.338 e. The normalized spacial score (nSPS) is 23.7. The average molecular weight is 389 g/mol. The second kappa shape index (κ2) is 7.33. The molecule has 3 aliphatic rings. The third kappa shape index (κ3) is 3.35. The van der Waals surface area contributed by atoms with Gasteiger partial charge in [0, 0.05) is 36.2 Å². The van der Waals surface area contributed by atoms with Gasteiger partial charge in [0.05, 0.1) is 0 Å². The zero-order valence-corrected chi connectivity index (χ0v) is 16.9. The molecule has 1 fully saturated rings. The fourth-order valence-corrected chi connectivity index (χ4v) is 5.63. The lowest BCUT2D eigenvalue weighted by Crippen LogP contribution is -2.49. The molecule has 1 N–H and O–H groups in total. The van der Waals surface area contributed by atoms with Gasteiger partial charge in [-0.1, -0.05) is 24.3 Å². The summed E-state index contributed by atoms with van der Waals surface area (Å²) in [5.74, 6) is 0.197. The van der Waals surface area contributed by atoms with E-state index in [0.717, 1.165) is 55.6 Å². The highest BCUT2D eigenvalue weighted by Gasteiger charge is 2.41. The van der Waals surface area contributed by atoms with Gasteiger partial charge in [0.2, 0.25) is 5.91 Å². The number of nitrogens with zero attached hydrogens (tertiary/aromatic N) is 1. The average Bonchev–Trinajstić information content (AvgIpc) is 2.93. The summed E-state index contributed by atoms with van der Waals surface area (Å²) in [4.78, 5) is 27.3. The number of amides is 2. The van der Waals surface area contributed by atoms with Crippen molar-refractivity contribution in [2.75, 3.05) is 18.4 Å². The summed E-state index contributed by atoms with van der Waals surface area (Å²) in [5.41, 5.74) is 5.74. The lowest BCUT2D eigenvalue weighted by atomic mass is 9.66. The number of fused-ring (bicyclic) bond motifs is 3. The Bertz CT molecular complexity index is 967. The number of rotatable bonds is 1. The third-order valence-electron chi connectivity index (χ3n) is 7.03. The molecule has 1 spiro atoms. The molecule has 1 saturated heterocycles. The van der Waals surface area contributed by atoms with E-state index in [2.05, 4.69) is 34.5 Å². The number of carbonyl (C=O) groups excluding carboxylic acids is 2. The molecular formula is C25H28N2O2. The standard InChI is InChI=1S/C25H28N2O2/c28-23-10-3-7-19-16-20(11-12-22(19)26-23)24(29)27-15-5-14-25(17-27)13-4-8-18-6-1-2-9-21(18)25/h1-2,6,9,11-12,16H,3-5,7-8,10,13-15,17H2,(H,26,28). The van der Waals surface area contributed by atoms with E-state index in [4.69, 9.17) is 0 Å². The molecule has 4 heteroatoms. The Hall–Kier alpha value is -2.62. The van der Waals surface area contributed by atoms with Gasteiger partial charge in [0.1, 0.15) is 0 Å². The zero-order valence-electron chi connectivity index (χ0n) is 16.9. The van der Waals surface area contributed by atoms with Gasteiger partial charge in [0.15, 0.2) is 0 Å². The molecule has 1 unspecified atom stereocenters. The van der Waals surface area contributed by atoms with E-state index in [1.807, 2.05) is 18.2 Å². The lowest BCUT2D eigenvalue weighted by molar-refractivity contribution is -0.116. The molecule has 0 saturated carbocycles. The SMILES string of the molecule is O=C1CCCc2cc(C(=O)N3CCCC4(CCCc5ccccc54)C3)ccc2N1. The van der Waals surface area contributed by atoms with E-state index in [-0.39, 0.29) is 17.2 Å². The van der Waals surface area contributed by atoms with Crippen molar-refractivity contribution in [1.82, 2.24) is 4.90 Å². The van der Waals surface area contributed by atoms with Crippen LogP contribution in [0.5, 0.6) is 0 Å². The zero-order chi connectivity index (χ0) is 19.8. The van der Waals surface area contributed by atoms with Crippen LogP contribution >= 0.6 is 0 Å². The maximum Gasteiger partial charge on any atom is 0.253 e. The van der Waals surface area contributed by atoms with Gasteiger partial charge < -0.3 is 10.2 Å². The minimum atomic E-state index is 0.0664. The summed E-state index contributed by atoms with van der Waals surface area (Å²) in [6, 6.07) is 14.6. The minimum absolute atomic E-state index is 0.0664. The summed E-state index contributed by atoms with van der Waals surface area (Å²) in [6.07, 6.45) is 7.98. The lowest BCUT2D eigenvalue weighted by Gasteiger charge is -2.46. The highest BCUT2D eigenvalue weighted by atomic mass is 16.2. The van der Waals surface area contributed by atoms with Crippen LogP contribution in [0.1, 0.15) is 65.6 Å². The van der Waals surface area contributed by atoms with E-state index in [0.29, 0.717) is 6.42 Å². The number of benzene rings is 2. The number of likely N-dealkylation sites (tertiary alicyclic amines) is 1. The topological polar surface area (TPSA) is 49.4 Å². The van der Waals surface area contributed by atoms with Gasteiger partial charge in [-0.25, -0.2) is 0 Å². The van der Waals surface area contributed by atoms with Gasteiger partial charge in [0.25, 0.3) is 5.91 Å². The van der Waals surface area contributed by atoms with Gasteiger partial charge in [-0.3, -0.25) is 9.59 Å². The number of carbonyl (C=O) groups is 2. The maximum atomic E-state index is 13.4. The smallest absolute Gasteiger partial charge is 0.253 e. The quantitative estimate of drug-likeness (QED) is 0.783. The first kappa shape index (κ1) is 18.4. The molecule has 0 aromatic heterocycles. The summed E-state index contributed by atoms with van der Waals surface area (Å²) in [6.45, 7) is 1.65. The van der Waals surface area contributed by atoms with Crippen LogP contribution in [-0.2, 0) is 23.1 Å². The van der Waals surface area contributed by atoms with E-state index < -0.39 is 0 Å². The van der Waals surface area contributed by atoms with Gasteiger partial charge in [-0.2, -0.15) is 0 Å². The van der Waals surface area contributed by atoms with Crippen LogP contribution < -0.4 is 5.32 Å². The fourth-order valence-electron chi connectivity index (χ4n) is 5.63. The maximum absolute atomic E-state index is 13.4. The van der Waals surface area contributed by atoms with Crippen molar-refractivity contribution in [3.05, 3.63) is 64.7 Å². The van der Waals surface area contributed by atoms with Crippen LogP contribution in [0.25, 0.3) is 0 Å². The Kier molecular flexibility index (Phi) is 4.65. The number of anilines is 1. The van der Waals surface area contributed by atoms with Crippen molar-refractivity contribution in [2.24, 2.45) is 0 Å². The molecular weight excluding hydrogens is 360 g/mol. The Balaban J connectivity index is 1.41. The number of aryl methyl sites for hydroxylation is 2. The highest BCUT2D eigenvalue weighted by molar-refractivity contribution is 5.97. The first-order valence-electron chi connectivity index (χ1n) is 11.0. The number of piperidine rings is 1. The van der Waals surface area contributed by atoms with Crippen LogP contribution in [0.4, 0.5) is 5.69 Å². The van der Waals surface area contributed by atoms with Crippen LogP contribution in [0, 0.1) is 0 Å². The molecule has 150 valence electrons. The summed E-state index contributed by atoms with van der Waals surface area (Å²) < 4.78 is 0. The minimum Gasteiger partial charge on any atom is -0.338 e. The van der Waals surface area contributed by atoms with E-state index in [9.17, 15) is 9.59 Å². The van der Waals surface area contributed by atoms with E-state index >= 15 is 0 Å². The van der Waals surface area contributed by atoms with Crippen molar-refractivity contribution in [1.29, 1.82) is 0 Å². The Morgan fingerprint density at radius 3 is 2.69 bits per heavy atom. The first-order chi connectivity index (χ1) is 14.1. The Morgan fingerprint density at radius 1 is 0.931 bits per heavy atom. The van der Waals surface area contributed by atoms with Crippen molar-refractivity contribution in [2.45, 2.75) is 56.8 Å². The second-order valence-corrected chi connectivity index (χ2v) is 8.89. The highest BCUT2D eigenvalue weighted by Crippen LogP contribution is 2.43. The molecule has 5 rings (SSSR count). The first-order valence-corrected chi connectivity index (χ1v) is 11.0. The van der Waals surface area contributed by atoms with Crippen molar-refractivity contribution in [3.63, 3.8) is 0 Å². The van der Waals surface area contributed by atoms with E-state index in [1.165, 1.54) is 30.4 Å². The molecule has 2 aromatic carbocycles. The number of hydrogen-bond donors (Lipinski definition) is 1. The molecule has 1 atom stereocenters.